The Morgan fingerprint density at radius 3 is 2.40 bits per heavy atom. The Balaban J connectivity index is 2.02. The number of hydrogen-bond donors (Lipinski definition) is 3. The fraction of sp³-hybridized carbons (Fsp3) is 0.0714. The molecule has 0 aliphatic rings. The van der Waals surface area contributed by atoms with Crippen molar-refractivity contribution < 1.29 is 14.7 Å². The van der Waals surface area contributed by atoms with Gasteiger partial charge in [0.05, 0.1) is 0 Å². The van der Waals surface area contributed by atoms with Gasteiger partial charge in [0.1, 0.15) is 5.82 Å². The highest BCUT2D eigenvalue weighted by molar-refractivity contribution is 5.99. The Morgan fingerprint density at radius 2 is 1.75 bits per heavy atom. The van der Waals surface area contributed by atoms with Gasteiger partial charge in [-0.25, -0.2) is 14.6 Å². The second-order valence-corrected chi connectivity index (χ2v) is 4.16. The molecule has 102 valence electrons. The zero-order valence-corrected chi connectivity index (χ0v) is 10.8. The lowest BCUT2D eigenvalue weighted by Crippen LogP contribution is -2.20. The lowest BCUT2D eigenvalue weighted by molar-refractivity contribution is 0.0690. The molecule has 1 aromatic carbocycles. The van der Waals surface area contributed by atoms with Crippen LogP contribution in [0.3, 0.4) is 0 Å². The maximum absolute atomic E-state index is 11.7. The number of rotatable bonds is 3. The number of carboxylic acid groups (broad SMARTS) is 1. The molecule has 2 aromatic rings. The van der Waals surface area contributed by atoms with Crippen molar-refractivity contribution >= 4 is 23.5 Å². The highest BCUT2D eigenvalue weighted by atomic mass is 16.4. The molecule has 0 fully saturated rings. The Morgan fingerprint density at radius 1 is 1.05 bits per heavy atom. The van der Waals surface area contributed by atoms with Crippen molar-refractivity contribution in [1.29, 1.82) is 0 Å². The van der Waals surface area contributed by atoms with Gasteiger partial charge in [0.25, 0.3) is 0 Å². The van der Waals surface area contributed by atoms with E-state index in [4.69, 9.17) is 5.11 Å². The van der Waals surface area contributed by atoms with Crippen LogP contribution in [-0.2, 0) is 0 Å². The van der Waals surface area contributed by atoms with Crippen LogP contribution in [0.1, 0.15) is 16.1 Å². The fourth-order valence-electron chi connectivity index (χ4n) is 1.54. The van der Waals surface area contributed by atoms with E-state index in [1.165, 1.54) is 18.2 Å². The number of amides is 2. The third-order valence-corrected chi connectivity index (χ3v) is 2.52. The second kappa shape index (κ2) is 5.83. The summed E-state index contributed by atoms with van der Waals surface area (Å²) in [6.45, 7) is 1.95. The number of aryl methyl sites for hydroxylation is 1. The maximum Gasteiger partial charge on any atom is 0.354 e. The number of carboxylic acids is 1. The van der Waals surface area contributed by atoms with E-state index < -0.39 is 12.0 Å². The van der Waals surface area contributed by atoms with Crippen LogP contribution in [0, 0.1) is 6.92 Å². The minimum absolute atomic E-state index is 0.127. The summed E-state index contributed by atoms with van der Waals surface area (Å²) in [4.78, 5) is 26.3. The molecular weight excluding hydrogens is 258 g/mol. The summed E-state index contributed by atoms with van der Waals surface area (Å²) in [5.74, 6) is -0.970. The molecule has 0 saturated heterocycles. The highest BCUT2D eigenvalue weighted by Gasteiger charge is 2.07. The molecule has 0 spiro atoms. The normalized spacial score (nSPS) is 9.85. The van der Waals surface area contributed by atoms with E-state index in [0.717, 1.165) is 5.56 Å². The van der Waals surface area contributed by atoms with Crippen LogP contribution in [0.2, 0.25) is 0 Å². The number of carbonyl (C=O) groups excluding carboxylic acids is 1. The number of hydrogen-bond acceptors (Lipinski definition) is 3. The number of nitrogens with zero attached hydrogens (tertiary/aromatic N) is 1. The Hall–Kier alpha value is -2.89. The average molecular weight is 271 g/mol. The van der Waals surface area contributed by atoms with Crippen molar-refractivity contribution in [2.75, 3.05) is 10.6 Å². The van der Waals surface area contributed by atoms with Crippen LogP contribution in [0.4, 0.5) is 16.3 Å². The summed E-state index contributed by atoms with van der Waals surface area (Å²) in [6.07, 6.45) is 0. The summed E-state index contributed by atoms with van der Waals surface area (Å²) < 4.78 is 0. The smallest absolute Gasteiger partial charge is 0.354 e. The van der Waals surface area contributed by atoms with Crippen molar-refractivity contribution in [2.45, 2.75) is 6.92 Å². The Bertz CT molecular complexity index is 638. The van der Waals surface area contributed by atoms with Crippen molar-refractivity contribution in [3.63, 3.8) is 0 Å². The summed E-state index contributed by atoms with van der Waals surface area (Å²) >= 11 is 0. The standard InChI is InChI=1S/C14H13N3O3/c1-9-5-7-10(8-6-9)15-14(20)17-12-4-2-3-11(16-12)13(18)19/h2-8H,1H3,(H,18,19)(H2,15,16,17,20). The van der Waals surface area contributed by atoms with Crippen LogP contribution >= 0.6 is 0 Å². The predicted octanol–water partition coefficient (Wildman–Crippen LogP) is 2.73. The topological polar surface area (TPSA) is 91.3 Å². The molecule has 3 N–H and O–H groups in total. The van der Waals surface area contributed by atoms with Crippen molar-refractivity contribution in [1.82, 2.24) is 4.98 Å². The lowest BCUT2D eigenvalue weighted by atomic mass is 10.2. The molecule has 1 aromatic heterocycles. The fourth-order valence-corrected chi connectivity index (χ4v) is 1.54. The van der Waals surface area contributed by atoms with Gasteiger partial charge in [0.15, 0.2) is 5.69 Å². The molecule has 2 amide bonds. The first-order valence-corrected chi connectivity index (χ1v) is 5.89. The van der Waals surface area contributed by atoms with E-state index >= 15 is 0 Å². The van der Waals surface area contributed by atoms with E-state index in [9.17, 15) is 9.59 Å². The molecule has 0 aliphatic heterocycles. The zero-order chi connectivity index (χ0) is 14.5. The van der Waals surface area contributed by atoms with Gasteiger partial charge in [-0.3, -0.25) is 5.32 Å². The number of anilines is 2. The number of aromatic nitrogens is 1. The van der Waals surface area contributed by atoms with E-state index in [-0.39, 0.29) is 11.5 Å². The van der Waals surface area contributed by atoms with Gasteiger partial charge in [-0.05, 0) is 31.2 Å². The quantitative estimate of drug-likeness (QED) is 0.800. The predicted molar refractivity (Wildman–Crippen MR) is 75.0 cm³/mol. The Kier molecular flexibility index (Phi) is 3.95. The van der Waals surface area contributed by atoms with Crippen molar-refractivity contribution in [2.24, 2.45) is 0 Å². The molecule has 0 atom stereocenters. The van der Waals surface area contributed by atoms with Crippen LogP contribution in [0.25, 0.3) is 0 Å². The first-order valence-electron chi connectivity index (χ1n) is 5.89. The highest BCUT2D eigenvalue weighted by Crippen LogP contribution is 2.10. The maximum atomic E-state index is 11.7. The molecule has 0 saturated carbocycles. The summed E-state index contributed by atoms with van der Waals surface area (Å²) in [5, 5.41) is 13.9. The minimum Gasteiger partial charge on any atom is -0.477 e. The third-order valence-electron chi connectivity index (χ3n) is 2.52. The first-order chi connectivity index (χ1) is 9.54. The van der Waals surface area contributed by atoms with Crippen molar-refractivity contribution in [3.05, 3.63) is 53.7 Å². The van der Waals surface area contributed by atoms with E-state index in [0.29, 0.717) is 5.69 Å². The SMILES string of the molecule is Cc1ccc(NC(=O)Nc2cccc(C(=O)O)n2)cc1. The number of aromatic carboxylic acids is 1. The minimum atomic E-state index is -1.15. The third kappa shape index (κ3) is 3.55. The molecule has 0 aliphatic carbocycles. The van der Waals surface area contributed by atoms with Crippen molar-refractivity contribution in [3.8, 4) is 0 Å². The van der Waals surface area contributed by atoms with Crippen LogP contribution < -0.4 is 10.6 Å². The summed E-state index contributed by atoms with van der Waals surface area (Å²) in [5.41, 5.74) is 1.60. The molecular formula is C14H13N3O3. The monoisotopic (exact) mass is 271 g/mol. The molecule has 6 nitrogen and oxygen atoms in total. The number of urea groups is 1. The number of pyridine rings is 1. The van der Waals surface area contributed by atoms with Gasteiger partial charge >= 0.3 is 12.0 Å². The van der Waals surface area contributed by atoms with Crippen LogP contribution in [0.5, 0.6) is 0 Å². The summed E-state index contributed by atoms with van der Waals surface area (Å²) in [6, 6.07) is 11.2. The Labute approximate surface area is 115 Å². The van der Waals surface area contributed by atoms with Gasteiger partial charge in [-0.15, -0.1) is 0 Å². The molecule has 0 bridgehead atoms. The molecule has 2 rings (SSSR count). The zero-order valence-electron chi connectivity index (χ0n) is 10.8. The number of nitrogens with one attached hydrogen (secondary N) is 2. The van der Waals surface area contributed by atoms with E-state index in [1.54, 1.807) is 12.1 Å². The summed E-state index contributed by atoms with van der Waals surface area (Å²) in [7, 11) is 0. The molecule has 0 radical (unpaired) electrons. The lowest BCUT2D eigenvalue weighted by Gasteiger charge is -2.07. The van der Waals surface area contributed by atoms with E-state index in [1.807, 2.05) is 19.1 Å². The molecule has 6 heteroatoms. The first kappa shape index (κ1) is 13.5. The van der Waals surface area contributed by atoms with Gasteiger partial charge in [-0.1, -0.05) is 23.8 Å². The number of benzene rings is 1. The van der Waals surface area contributed by atoms with Gasteiger partial charge in [-0.2, -0.15) is 0 Å². The van der Waals surface area contributed by atoms with E-state index in [2.05, 4.69) is 15.6 Å². The van der Waals surface area contributed by atoms with Crippen LogP contribution in [-0.4, -0.2) is 22.1 Å². The van der Waals surface area contributed by atoms with Crippen LogP contribution in [0.15, 0.2) is 42.5 Å². The van der Waals surface area contributed by atoms with Gasteiger partial charge < -0.3 is 10.4 Å². The van der Waals surface area contributed by atoms with Gasteiger partial charge in [0.2, 0.25) is 0 Å². The molecule has 1 heterocycles. The number of carbonyl (C=O) groups is 2. The molecule has 0 unspecified atom stereocenters. The largest absolute Gasteiger partial charge is 0.477 e. The second-order valence-electron chi connectivity index (χ2n) is 4.16. The van der Waals surface area contributed by atoms with Gasteiger partial charge in [0, 0.05) is 5.69 Å². The molecule has 20 heavy (non-hydrogen) atoms. The average Bonchev–Trinajstić information content (AvgIpc) is 2.41.